The maximum atomic E-state index is 11.7. The maximum absolute atomic E-state index is 11.7. The van der Waals surface area contributed by atoms with Crippen molar-refractivity contribution in [1.82, 2.24) is 10.7 Å². The molecule has 8 heteroatoms. The Morgan fingerprint density at radius 2 is 1.88 bits per heavy atom. The fourth-order valence-corrected chi connectivity index (χ4v) is 2.21. The van der Waals surface area contributed by atoms with Gasteiger partial charge in [-0.2, -0.15) is 5.10 Å². The zero-order valence-corrected chi connectivity index (χ0v) is 14.6. The maximum Gasteiger partial charge on any atom is 0.329 e. The van der Waals surface area contributed by atoms with Gasteiger partial charge in [-0.3, -0.25) is 9.59 Å². The molecule has 2 amide bonds. The number of benzene rings is 2. The van der Waals surface area contributed by atoms with Crippen molar-refractivity contribution in [3.63, 3.8) is 0 Å². The third-order valence-electron chi connectivity index (χ3n) is 2.93. The molecule has 0 aliphatic heterocycles. The molecule has 0 atom stereocenters. The highest BCUT2D eigenvalue weighted by molar-refractivity contribution is 9.10. The molecular weight excluding hydrogens is 398 g/mol. The molecule has 0 radical (unpaired) electrons. The first-order valence-corrected chi connectivity index (χ1v) is 7.97. The molecule has 0 bridgehead atoms. The molecule has 2 aromatic carbocycles. The summed E-state index contributed by atoms with van der Waals surface area (Å²) < 4.78 is 0.744. The Balaban J connectivity index is 1.85. The first-order chi connectivity index (χ1) is 11.5. The van der Waals surface area contributed by atoms with Crippen LogP contribution in [0.3, 0.4) is 0 Å². The molecule has 0 unspecified atom stereocenters. The lowest BCUT2D eigenvalue weighted by molar-refractivity contribution is -0.139. The number of hydrazone groups is 1. The van der Waals surface area contributed by atoms with Crippen LogP contribution in [-0.4, -0.2) is 23.1 Å². The van der Waals surface area contributed by atoms with Crippen molar-refractivity contribution in [2.24, 2.45) is 5.10 Å². The van der Waals surface area contributed by atoms with Crippen LogP contribution >= 0.6 is 27.5 Å². The van der Waals surface area contributed by atoms with Crippen molar-refractivity contribution >= 4 is 45.6 Å². The number of rotatable bonds is 4. The molecule has 0 aliphatic rings. The second kappa shape index (κ2) is 8.47. The number of amides is 2. The van der Waals surface area contributed by atoms with E-state index in [4.69, 9.17) is 11.6 Å². The number of phenolic OH excluding ortho intramolecular Hbond substituents is 1. The van der Waals surface area contributed by atoms with Gasteiger partial charge in [-0.1, -0.05) is 39.7 Å². The van der Waals surface area contributed by atoms with Crippen molar-refractivity contribution in [3.8, 4) is 5.75 Å². The average molecular weight is 411 g/mol. The van der Waals surface area contributed by atoms with E-state index in [9.17, 15) is 14.7 Å². The normalized spacial score (nSPS) is 10.6. The first-order valence-electron chi connectivity index (χ1n) is 6.80. The van der Waals surface area contributed by atoms with Crippen LogP contribution in [0.1, 0.15) is 11.1 Å². The van der Waals surface area contributed by atoms with Gasteiger partial charge in [-0.15, -0.1) is 0 Å². The topological polar surface area (TPSA) is 90.8 Å². The van der Waals surface area contributed by atoms with E-state index in [1.54, 1.807) is 36.4 Å². The van der Waals surface area contributed by atoms with Gasteiger partial charge in [0.2, 0.25) is 0 Å². The third-order valence-corrected chi connectivity index (χ3v) is 3.68. The van der Waals surface area contributed by atoms with E-state index in [2.05, 4.69) is 31.8 Å². The molecule has 0 saturated carbocycles. The predicted octanol–water partition coefficient (Wildman–Crippen LogP) is 2.57. The van der Waals surface area contributed by atoms with E-state index in [1.807, 2.05) is 0 Å². The van der Waals surface area contributed by atoms with Crippen molar-refractivity contribution in [1.29, 1.82) is 0 Å². The average Bonchev–Trinajstić information content (AvgIpc) is 2.57. The van der Waals surface area contributed by atoms with E-state index < -0.39 is 11.8 Å². The quantitative estimate of drug-likeness (QED) is 0.411. The Hall–Kier alpha value is -2.38. The number of halogens is 2. The molecule has 0 aliphatic carbocycles. The van der Waals surface area contributed by atoms with Crippen LogP contribution in [-0.2, 0) is 16.1 Å². The summed E-state index contributed by atoms with van der Waals surface area (Å²) in [5.74, 6) is -1.72. The second-order valence-electron chi connectivity index (χ2n) is 4.71. The zero-order valence-electron chi connectivity index (χ0n) is 12.3. The van der Waals surface area contributed by atoms with Crippen LogP contribution in [0.25, 0.3) is 0 Å². The Labute approximate surface area is 151 Å². The number of phenols is 1. The lowest BCUT2D eigenvalue weighted by Crippen LogP contribution is -2.37. The standard InChI is InChI=1S/C16H13BrClN3O3/c17-12-3-6-14(22)11(7-12)9-20-21-16(24)15(23)19-8-10-1-4-13(18)5-2-10/h1-7,9,22H,8H2,(H,19,23)(H,21,24)/b20-9+. The SMILES string of the molecule is O=C(NCc1ccc(Cl)cc1)C(=O)N/N=C/c1cc(Br)ccc1O. The summed E-state index contributed by atoms with van der Waals surface area (Å²) in [5, 5.41) is 16.3. The van der Waals surface area contributed by atoms with Crippen molar-refractivity contribution in [2.45, 2.75) is 6.54 Å². The van der Waals surface area contributed by atoms with E-state index in [0.29, 0.717) is 10.6 Å². The van der Waals surface area contributed by atoms with Gasteiger partial charge >= 0.3 is 11.8 Å². The van der Waals surface area contributed by atoms with E-state index in [0.717, 1.165) is 10.0 Å². The Morgan fingerprint density at radius 3 is 2.58 bits per heavy atom. The van der Waals surface area contributed by atoms with Gasteiger partial charge in [0.1, 0.15) is 5.75 Å². The molecule has 0 fully saturated rings. The van der Waals surface area contributed by atoms with Crippen molar-refractivity contribution < 1.29 is 14.7 Å². The number of nitrogens with zero attached hydrogens (tertiary/aromatic N) is 1. The molecule has 0 spiro atoms. The largest absolute Gasteiger partial charge is 0.507 e. The Bertz CT molecular complexity index is 779. The monoisotopic (exact) mass is 409 g/mol. The molecule has 3 N–H and O–H groups in total. The van der Waals surface area contributed by atoms with Gasteiger partial charge in [0.25, 0.3) is 0 Å². The minimum Gasteiger partial charge on any atom is -0.507 e. The molecule has 0 saturated heterocycles. The van der Waals surface area contributed by atoms with Gasteiger partial charge < -0.3 is 10.4 Å². The zero-order chi connectivity index (χ0) is 17.5. The van der Waals surface area contributed by atoms with Crippen LogP contribution in [0, 0.1) is 0 Å². The summed E-state index contributed by atoms with van der Waals surface area (Å²) in [4.78, 5) is 23.3. The molecule has 124 valence electrons. The number of hydrogen-bond donors (Lipinski definition) is 3. The fourth-order valence-electron chi connectivity index (χ4n) is 1.70. The van der Waals surface area contributed by atoms with Crippen LogP contribution in [0.5, 0.6) is 5.75 Å². The highest BCUT2D eigenvalue weighted by Crippen LogP contribution is 2.19. The molecule has 6 nitrogen and oxygen atoms in total. The number of carbonyl (C=O) groups excluding carboxylic acids is 2. The van der Waals surface area contributed by atoms with Gasteiger partial charge in [0.15, 0.2) is 0 Å². The summed E-state index contributed by atoms with van der Waals surface area (Å²) in [6.45, 7) is 0.194. The van der Waals surface area contributed by atoms with Crippen LogP contribution in [0.4, 0.5) is 0 Å². The fraction of sp³-hybridized carbons (Fsp3) is 0.0625. The molecule has 24 heavy (non-hydrogen) atoms. The number of aromatic hydroxyl groups is 1. The van der Waals surface area contributed by atoms with Crippen LogP contribution in [0.15, 0.2) is 52.0 Å². The van der Waals surface area contributed by atoms with E-state index >= 15 is 0 Å². The van der Waals surface area contributed by atoms with E-state index in [1.165, 1.54) is 12.3 Å². The van der Waals surface area contributed by atoms with Gasteiger partial charge in [-0.25, -0.2) is 5.43 Å². The van der Waals surface area contributed by atoms with Crippen molar-refractivity contribution in [3.05, 3.63) is 63.1 Å². The molecule has 2 rings (SSSR count). The Morgan fingerprint density at radius 1 is 1.17 bits per heavy atom. The van der Waals surface area contributed by atoms with Gasteiger partial charge in [-0.05, 0) is 35.9 Å². The number of carbonyl (C=O) groups is 2. The van der Waals surface area contributed by atoms with Crippen LogP contribution < -0.4 is 10.7 Å². The smallest absolute Gasteiger partial charge is 0.329 e. The summed E-state index contributed by atoms with van der Waals surface area (Å²) in [6.07, 6.45) is 1.24. The van der Waals surface area contributed by atoms with Crippen LogP contribution in [0.2, 0.25) is 5.02 Å². The minimum atomic E-state index is -0.908. The molecule has 0 heterocycles. The summed E-state index contributed by atoms with van der Waals surface area (Å²) in [6, 6.07) is 11.6. The summed E-state index contributed by atoms with van der Waals surface area (Å²) in [7, 11) is 0. The predicted molar refractivity (Wildman–Crippen MR) is 94.8 cm³/mol. The Kier molecular flexibility index (Phi) is 6.34. The van der Waals surface area contributed by atoms with Gasteiger partial charge in [0, 0.05) is 21.6 Å². The summed E-state index contributed by atoms with van der Waals surface area (Å²) >= 11 is 9.02. The van der Waals surface area contributed by atoms with Gasteiger partial charge in [0.05, 0.1) is 6.21 Å². The molecule has 0 aromatic heterocycles. The lowest BCUT2D eigenvalue weighted by atomic mass is 10.2. The third kappa shape index (κ3) is 5.36. The summed E-state index contributed by atoms with van der Waals surface area (Å²) in [5.41, 5.74) is 3.30. The lowest BCUT2D eigenvalue weighted by Gasteiger charge is -2.04. The second-order valence-corrected chi connectivity index (χ2v) is 6.06. The first kappa shape index (κ1) is 18.0. The highest BCUT2D eigenvalue weighted by atomic mass is 79.9. The van der Waals surface area contributed by atoms with Crippen molar-refractivity contribution in [2.75, 3.05) is 0 Å². The highest BCUT2D eigenvalue weighted by Gasteiger charge is 2.12. The minimum absolute atomic E-state index is 0.00314. The molecule has 2 aromatic rings. The van der Waals surface area contributed by atoms with E-state index in [-0.39, 0.29) is 12.3 Å². The number of nitrogens with one attached hydrogen (secondary N) is 2. The molecular formula is C16H13BrClN3O3. The number of hydrogen-bond acceptors (Lipinski definition) is 4.